The van der Waals surface area contributed by atoms with Crippen molar-refractivity contribution in [2.24, 2.45) is 11.3 Å². The van der Waals surface area contributed by atoms with Crippen LogP contribution in [0.3, 0.4) is 0 Å². The molecular formula is C9H17NO2. The molecule has 1 N–H and O–H groups in total. The van der Waals surface area contributed by atoms with E-state index in [-0.39, 0.29) is 23.8 Å². The van der Waals surface area contributed by atoms with Crippen molar-refractivity contribution in [3.05, 3.63) is 0 Å². The van der Waals surface area contributed by atoms with E-state index < -0.39 is 0 Å². The second kappa shape index (κ2) is 4.24. The molecule has 0 fully saturated rings. The van der Waals surface area contributed by atoms with Crippen LogP contribution in [-0.4, -0.2) is 18.7 Å². The van der Waals surface area contributed by atoms with Crippen molar-refractivity contribution in [2.45, 2.75) is 27.7 Å². The highest BCUT2D eigenvalue weighted by Gasteiger charge is 2.26. The van der Waals surface area contributed by atoms with Crippen LogP contribution in [0.2, 0.25) is 0 Å². The van der Waals surface area contributed by atoms with E-state index in [9.17, 15) is 9.59 Å². The smallest absolute Gasteiger partial charge is 0.223 e. The van der Waals surface area contributed by atoms with Crippen molar-refractivity contribution in [1.82, 2.24) is 5.32 Å². The highest BCUT2D eigenvalue weighted by molar-refractivity contribution is 5.80. The van der Waals surface area contributed by atoms with Crippen molar-refractivity contribution in [3.8, 4) is 0 Å². The molecule has 1 amide bonds. The van der Waals surface area contributed by atoms with Gasteiger partial charge in [0.15, 0.2) is 0 Å². The molecule has 0 saturated carbocycles. The summed E-state index contributed by atoms with van der Waals surface area (Å²) in [6.07, 6.45) is 0.688. The summed E-state index contributed by atoms with van der Waals surface area (Å²) in [6.45, 7) is 7.97. The number of rotatable bonds is 3. The third-order valence-electron chi connectivity index (χ3n) is 2.05. The monoisotopic (exact) mass is 171 g/mol. The minimum absolute atomic E-state index is 0.0486. The average Bonchev–Trinajstić information content (AvgIpc) is 1.97. The summed E-state index contributed by atoms with van der Waals surface area (Å²) in [6, 6.07) is 0. The van der Waals surface area contributed by atoms with Crippen molar-refractivity contribution in [3.63, 3.8) is 0 Å². The standard InChI is InChI=1S/C9H17NO2/c1-7(9(2,3)4)8(12)10-5-6-11/h6-7H,5H2,1-4H3,(H,10,12). The third-order valence-corrected chi connectivity index (χ3v) is 2.05. The molecule has 0 saturated heterocycles. The molecule has 0 aliphatic rings. The molecule has 0 heterocycles. The number of hydrogen-bond donors (Lipinski definition) is 1. The minimum atomic E-state index is -0.0718. The summed E-state index contributed by atoms with van der Waals surface area (Å²) in [7, 11) is 0. The fraction of sp³-hybridized carbons (Fsp3) is 0.778. The Balaban J connectivity index is 4.02. The maximum absolute atomic E-state index is 11.3. The lowest BCUT2D eigenvalue weighted by molar-refractivity contribution is -0.128. The van der Waals surface area contributed by atoms with Crippen molar-refractivity contribution in [2.75, 3.05) is 6.54 Å². The first kappa shape index (κ1) is 11.1. The van der Waals surface area contributed by atoms with Gasteiger partial charge in [0.05, 0.1) is 6.54 Å². The molecular weight excluding hydrogens is 154 g/mol. The number of nitrogens with one attached hydrogen (secondary N) is 1. The Morgan fingerprint density at radius 3 is 2.33 bits per heavy atom. The number of hydrogen-bond acceptors (Lipinski definition) is 2. The van der Waals surface area contributed by atoms with Gasteiger partial charge in [-0.2, -0.15) is 0 Å². The molecule has 3 nitrogen and oxygen atoms in total. The molecule has 0 aliphatic heterocycles. The van der Waals surface area contributed by atoms with Crippen LogP contribution >= 0.6 is 0 Å². The molecule has 0 rings (SSSR count). The van der Waals surface area contributed by atoms with Crippen LogP contribution in [-0.2, 0) is 9.59 Å². The normalized spacial score (nSPS) is 13.7. The number of carbonyl (C=O) groups excluding carboxylic acids is 2. The average molecular weight is 171 g/mol. The lowest BCUT2D eigenvalue weighted by Crippen LogP contribution is -2.36. The van der Waals surface area contributed by atoms with Crippen LogP contribution in [0.4, 0.5) is 0 Å². The summed E-state index contributed by atoms with van der Waals surface area (Å²) in [5.74, 6) is -0.132. The van der Waals surface area contributed by atoms with Gasteiger partial charge in [-0.25, -0.2) is 0 Å². The van der Waals surface area contributed by atoms with E-state index in [0.29, 0.717) is 6.29 Å². The predicted octanol–water partition coefficient (Wildman–Crippen LogP) is 0.984. The van der Waals surface area contributed by atoms with Crippen LogP contribution in [0.1, 0.15) is 27.7 Å². The van der Waals surface area contributed by atoms with E-state index in [1.165, 1.54) is 0 Å². The molecule has 0 aromatic heterocycles. The second-order valence-corrected chi connectivity index (χ2v) is 4.00. The summed E-state index contributed by atoms with van der Waals surface area (Å²) in [5.41, 5.74) is -0.0486. The first-order valence-corrected chi connectivity index (χ1v) is 4.11. The van der Waals surface area contributed by atoms with Crippen molar-refractivity contribution in [1.29, 1.82) is 0 Å². The van der Waals surface area contributed by atoms with E-state index >= 15 is 0 Å². The maximum Gasteiger partial charge on any atom is 0.223 e. The van der Waals surface area contributed by atoms with Crippen LogP contribution in [0, 0.1) is 11.3 Å². The molecule has 12 heavy (non-hydrogen) atoms. The Bertz CT molecular complexity index is 170. The highest BCUT2D eigenvalue weighted by Crippen LogP contribution is 2.24. The van der Waals surface area contributed by atoms with Crippen LogP contribution in [0.5, 0.6) is 0 Å². The number of aldehydes is 1. The van der Waals surface area contributed by atoms with Gasteiger partial charge in [-0.05, 0) is 5.41 Å². The van der Waals surface area contributed by atoms with Crippen LogP contribution in [0.15, 0.2) is 0 Å². The van der Waals surface area contributed by atoms with Crippen LogP contribution < -0.4 is 5.32 Å². The van der Waals surface area contributed by atoms with Gasteiger partial charge in [0, 0.05) is 5.92 Å². The maximum atomic E-state index is 11.3. The summed E-state index contributed by atoms with van der Waals surface area (Å²) in [5, 5.41) is 2.53. The molecule has 0 aliphatic carbocycles. The van der Waals surface area contributed by atoms with E-state index in [1.807, 2.05) is 27.7 Å². The molecule has 0 bridgehead atoms. The molecule has 0 aromatic rings. The van der Waals surface area contributed by atoms with E-state index in [0.717, 1.165) is 0 Å². The van der Waals surface area contributed by atoms with Gasteiger partial charge in [0.25, 0.3) is 0 Å². The van der Waals surface area contributed by atoms with Crippen molar-refractivity contribution >= 4 is 12.2 Å². The fourth-order valence-electron chi connectivity index (χ4n) is 0.689. The zero-order chi connectivity index (χ0) is 9.78. The van der Waals surface area contributed by atoms with Gasteiger partial charge < -0.3 is 10.1 Å². The van der Waals surface area contributed by atoms with Gasteiger partial charge in [-0.3, -0.25) is 4.79 Å². The molecule has 0 aromatic carbocycles. The van der Waals surface area contributed by atoms with Crippen LogP contribution in [0.25, 0.3) is 0 Å². The van der Waals surface area contributed by atoms with Gasteiger partial charge in [-0.15, -0.1) is 0 Å². The highest BCUT2D eigenvalue weighted by atomic mass is 16.2. The van der Waals surface area contributed by atoms with Gasteiger partial charge in [0.1, 0.15) is 6.29 Å². The van der Waals surface area contributed by atoms with E-state index in [4.69, 9.17) is 0 Å². The van der Waals surface area contributed by atoms with E-state index in [1.54, 1.807) is 0 Å². The second-order valence-electron chi connectivity index (χ2n) is 4.00. The quantitative estimate of drug-likeness (QED) is 0.643. The number of carbonyl (C=O) groups is 2. The molecule has 0 radical (unpaired) electrons. The summed E-state index contributed by atoms with van der Waals surface area (Å²) in [4.78, 5) is 21.2. The molecule has 1 unspecified atom stereocenters. The predicted molar refractivity (Wildman–Crippen MR) is 47.7 cm³/mol. The van der Waals surface area contributed by atoms with Gasteiger partial charge >= 0.3 is 0 Å². The Kier molecular flexibility index (Phi) is 3.93. The summed E-state index contributed by atoms with van der Waals surface area (Å²) < 4.78 is 0. The topological polar surface area (TPSA) is 46.2 Å². The Hall–Kier alpha value is -0.860. The first-order chi connectivity index (χ1) is 5.39. The zero-order valence-electron chi connectivity index (χ0n) is 8.18. The molecule has 0 spiro atoms. The Morgan fingerprint density at radius 2 is 2.00 bits per heavy atom. The Labute approximate surface area is 73.5 Å². The largest absolute Gasteiger partial charge is 0.349 e. The van der Waals surface area contributed by atoms with Crippen molar-refractivity contribution < 1.29 is 9.59 Å². The van der Waals surface area contributed by atoms with Gasteiger partial charge in [0.2, 0.25) is 5.91 Å². The number of amides is 1. The Morgan fingerprint density at radius 1 is 1.50 bits per heavy atom. The third kappa shape index (κ3) is 3.51. The molecule has 1 atom stereocenters. The first-order valence-electron chi connectivity index (χ1n) is 4.11. The fourth-order valence-corrected chi connectivity index (χ4v) is 0.689. The SMILES string of the molecule is CC(C(=O)NCC=O)C(C)(C)C. The molecule has 70 valence electrons. The van der Waals surface area contributed by atoms with Gasteiger partial charge in [-0.1, -0.05) is 27.7 Å². The zero-order valence-corrected chi connectivity index (χ0v) is 8.18. The lowest BCUT2D eigenvalue weighted by Gasteiger charge is -2.25. The minimum Gasteiger partial charge on any atom is -0.349 e. The molecule has 3 heteroatoms. The summed E-state index contributed by atoms with van der Waals surface area (Å²) >= 11 is 0. The lowest BCUT2D eigenvalue weighted by atomic mass is 9.81. The van der Waals surface area contributed by atoms with E-state index in [2.05, 4.69) is 5.32 Å².